The summed E-state index contributed by atoms with van der Waals surface area (Å²) in [5.74, 6) is 3.11. The third-order valence-electron chi connectivity index (χ3n) is 5.04. The molecule has 140 valence electrons. The minimum absolute atomic E-state index is 0.407. The SMILES string of the molecule is COc1cc(-c2noc(C3CCCC3)n2)ccc1OCc1cccc(C)c1. The molecule has 0 unspecified atom stereocenters. The second-order valence-electron chi connectivity index (χ2n) is 7.08. The van der Waals surface area contributed by atoms with Crippen LogP contribution in [-0.4, -0.2) is 17.3 Å². The molecule has 0 atom stereocenters. The Morgan fingerprint density at radius 1 is 1.07 bits per heavy atom. The van der Waals surface area contributed by atoms with Crippen LogP contribution in [0.2, 0.25) is 0 Å². The smallest absolute Gasteiger partial charge is 0.230 e. The first-order valence-corrected chi connectivity index (χ1v) is 9.43. The molecule has 0 bridgehead atoms. The summed E-state index contributed by atoms with van der Waals surface area (Å²) in [6.45, 7) is 2.56. The van der Waals surface area contributed by atoms with Gasteiger partial charge < -0.3 is 14.0 Å². The van der Waals surface area contributed by atoms with Crippen molar-refractivity contribution in [1.29, 1.82) is 0 Å². The van der Waals surface area contributed by atoms with Crippen molar-refractivity contribution in [2.75, 3.05) is 7.11 Å². The summed E-state index contributed by atoms with van der Waals surface area (Å²) in [6, 6.07) is 14.0. The highest BCUT2D eigenvalue weighted by Crippen LogP contribution is 2.35. The quantitative estimate of drug-likeness (QED) is 0.595. The van der Waals surface area contributed by atoms with Gasteiger partial charge in [-0.2, -0.15) is 4.98 Å². The Bertz CT molecular complexity index is 913. The van der Waals surface area contributed by atoms with Crippen LogP contribution in [0.1, 0.15) is 48.6 Å². The Balaban J connectivity index is 1.51. The molecule has 1 aliphatic carbocycles. The number of nitrogens with zero attached hydrogens (tertiary/aromatic N) is 2. The number of hydrogen-bond donors (Lipinski definition) is 0. The van der Waals surface area contributed by atoms with Gasteiger partial charge in [0.1, 0.15) is 6.61 Å². The zero-order valence-corrected chi connectivity index (χ0v) is 15.8. The summed E-state index contributed by atoms with van der Waals surface area (Å²) in [5.41, 5.74) is 3.21. The van der Waals surface area contributed by atoms with Crippen molar-refractivity contribution in [3.05, 3.63) is 59.5 Å². The number of benzene rings is 2. The highest BCUT2D eigenvalue weighted by molar-refractivity contribution is 5.60. The number of hydrogen-bond acceptors (Lipinski definition) is 5. The lowest BCUT2D eigenvalue weighted by atomic mass is 10.1. The zero-order valence-electron chi connectivity index (χ0n) is 15.8. The van der Waals surface area contributed by atoms with Gasteiger partial charge in [0.2, 0.25) is 11.7 Å². The fraction of sp³-hybridized carbons (Fsp3) is 0.364. The van der Waals surface area contributed by atoms with Gasteiger partial charge in [-0.05, 0) is 43.5 Å². The maximum absolute atomic E-state index is 5.96. The van der Waals surface area contributed by atoms with Gasteiger partial charge in [-0.25, -0.2) is 0 Å². The molecular weight excluding hydrogens is 340 g/mol. The molecule has 0 radical (unpaired) electrons. The van der Waals surface area contributed by atoms with E-state index in [-0.39, 0.29) is 0 Å². The van der Waals surface area contributed by atoms with Crippen LogP contribution in [0.15, 0.2) is 47.0 Å². The molecule has 1 heterocycles. The normalized spacial score (nSPS) is 14.4. The Morgan fingerprint density at radius 3 is 2.70 bits per heavy atom. The third kappa shape index (κ3) is 3.97. The molecule has 5 nitrogen and oxygen atoms in total. The molecule has 1 aliphatic rings. The van der Waals surface area contributed by atoms with Crippen LogP contribution in [0.4, 0.5) is 0 Å². The van der Waals surface area contributed by atoms with Crippen molar-refractivity contribution in [3.63, 3.8) is 0 Å². The van der Waals surface area contributed by atoms with Crippen molar-refractivity contribution < 1.29 is 14.0 Å². The van der Waals surface area contributed by atoms with Crippen LogP contribution < -0.4 is 9.47 Å². The van der Waals surface area contributed by atoms with Crippen molar-refractivity contribution >= 4 is 0 Å². The first kappa shape index (κ1) is 17.6. The van der Waals surface area contributed by atoms with Crippen LogP contribution in [-0.2, 0) is 6.61 Å². The molecule has 5 heteroatoms. The van der Waals surface area contributed by atoms with E-state index in [4.69, 9.17) is 14.0 Å². The Labute approximate surface area is 159 Å². The van der Waals surface area contributed by atoms with Crippen molar-refractivity contribution in [3.8, 4) is 22.9 Å². The molecule has 2 aromatic carbocycles. The molecule has 0 spiro atoms. The van der Waals surface area contributed by atoms with Gasteiger partial charge in [0.25, 0.3) is 0 Å². The molecule has 3 aromatic rings. The van der Waals surface area contributed by atoms with Crippen LogP contribution in [0.25, 0.3) is 11.4 Å². The van der Waals surface area contributed by atoms with Gasteiger partial charge in [-0.3, -0.25) is 0 Å². The van der Waals surface area contributed by atoms with E-state index in [0.717, 1.165) is 29.9 Å². The fourth-order valence-electron chi connectivity index (χ4n) is 3.58. The first-order chi connectivity index (χ1) is 13.2. The van der Waals surface area contributed by atoms with E-state index in [9.17, 15) is 0 Å². The highest BCUT2D eigenvalue weighted by atomic mass is 16.5. The average molecular weight is 364 g/mol. The molecule has 0 saturated heterocycles. The topological polar surface area (TPSA) is 57.4 Å². The van der Waals surface area contributed by atoms with Gasteiger partial charge >= 0.3 is 0 Å². The molecule has 0 amide bonds. The number of aromatic nitrogens is 2. The van der Waals surface area contributed by atoms with E-state index in [1.807, 2.05) is 24.3 Å². The lowest BCUT2D eigenvalue weighted by molar-refractivity contribution is 0.284. The maximum Gasteiger partial charge on any atom is 0.230 e. The minimum Gasteiger partial charge on any atom is -0.493 e. The third-order valence-corrected chi connectivity index (χ3v) is 5.04. The lowest BCUT2D eigenvalue weighted by Crippen LogP contribution is -1.98. The van der Waals surface area contributed by atoms with Crippen molar-refractivity contribution in [1.82, 2.24) is 10.1 Å². The largest absolute Gasteiger partial charge is 0.493 e. The predicted octanol–water partition coefficient (Wildman–Crippen LogP) is 5.29. The van der Waals surface area contributed by atoms with Crippen LogP contribution in [0.3, 0.4) is 0 Å². The second kappa shape index (κ2) is 7.82. The number of rotatable bonds is 6. The standard InChI is InChI=1S/C22H24N2O3/c1-15-6-5-7-16(12-15)14-26-19-11-10-18(13-20(19)25-2)21-23-22(27-24-21)17-8-3-4-9-17/h5-7,10-13,17H,3-4,8-9,14H2,1-2H3. The molecule has 0 aliphatic heterocycles. The summed E-state index contributed by atoms with van der Waals surface area (Å²) in [6.07, 6.45) is 4.75. The summed E-state index contributed by atoms with van der Waals surface area (Å²) < 4.78 is 17.0. The molecule has 1 saturated carbocycles. The minimum atomic E-state index is 0.407. The van der Waals surface area contributed by atoms with Crippen molar-refractivity contribution in [2.24, 2.45) is 0 Å². The van der Waals surface area contributed by atoms with E-state index in [1.54, 1.807) is 7.11 Å². The van der Waals surface area contributed by atoms with Crippen LogP contribution in [0.5, 0.6) is 11.5 Å². The van der Waals surface area contributed by atoms with Crippen LogP contribution in [0, 0.1) is 6.92 Å². The number of ether oxygens (including phenoxy) is 2. The van der Waals surface area contributed by atoms with Crippen molar-refractivity contribution in [2.45, 2.75) is 45.1 Å². The molecule has 1 fully saturated rings. The molecule has 4 rings (SSSR count). The maximum atomic E-state index is 5.96. The number of methoxy groups -OCH3 is 1. The zero-order chi connectivity index (χ0) is 18.6. The molecule has 0 N–H and O–H groups in total. The van der Waals surface area contributed by atoms with E-state index >= 15 is 0 Å². The van der Waals surface area contributed by atoms with E-state index in [0.29, 0.717) is 29.8 Å². The van der Waals surface area contributed by atoms with Crippen LogP contribution >= 0.6 is 0 Å². The van der Waals surface area contributed by atoms with E-state index < -0.39 is 0 Å². The van der Waals surface area contributed by atoms with Gasteiger partial charge in [0.15, 0.2) is 11.5 Å². The summed E-state index contributed by atoms with van der Waals surface area (Å²) in [5, 5.41) is 4.16. The highest BCUT2D eigenvalue weighted by Gasteiger charge is 2.23. The molecule has 1 aromatic heterocycles. The Kier molecular flexibility index (Phi) is 5.10. The number of aryl methyl sites for hydroxylation is 1. The van der Waals surface area contributed by atoms with Gasteiger partial charge in [-0.1, -0.05) is 47.8 Å². The predicted molar refractivity (Wildman–Crippen MR) is 103 cm³/mol. The summed E-state index contributed by atoms with van der Waals surface area (Å²) in [4.78, 5) is 4.60. The molecular formula is C22H24N2O3. The summed E-state index contributed by atoms with van der Waals surface area (Å²) in [7, 11) is 1.64. The second-order valence-corrected chi connectivity index (χ2v) is 7.08. The Morgan fingerprint density at radius 2 is 1.93 bits per heavy atom. The average Bonchev–Trinajstić information content (AvgIpc) is 3.38. The summed E-state index contributed by atoms with van der Waals surface area (Å²) >= 11 is 0. The lowest BCUT2D eigenvalue weighted by Gasteiger charge is -2.11. The van der Waals surface area contributed by atoms with Gasteiger partial charge in [-0.15, -0.1) is 0 Å². The van der Waals surface area contributed by atoms with E-state index in [2.05, 4.69) is 35.3 Å². The first-order valence-electron chi connectivity index (χ1n) is 9.43. The fourth-order valence-corrected chi connectivity index (χ4v) is 3.58. The van der Waals surface area contributed by atoms with Gasteiger partial charge in [0.05, 0.1) is 7.11 Å². The monoisotopic (exact) mass is 364 g/mol. The Hall–Kier alpha value is -2.82. The van der Waals surface area contributed by atoms with E-state index in [1.165, 1.54) is 18.4 Å². The van der Waals surface area contributed by atoms with Gasteiger partial charge in [0, 0.05) is 11.5 Å². The molecule has 27 heavy (non-hydrogen) atoms.